The van der Waals surface area contributed by atoms with Crippen LogP contribution in [-0.2, 0) is 11.2 Å². The molecule has 0 amide bonds. The molecule has 0 radical (unpaired) electrons. The Balaban J connectivity index is 2.11. The smallest absolute Gasteiger partial charge is 0.126 e. The van der Waals surface area contributed by atoms with Crippen molar-refractivity contribution in [1.82, 2.24) is 4.90 Å². The second-order valence-electron chi connectivity index (χ2n) is 6.38. The Labute approximate surface area is 127 Å². The number of benzene rings is 1. The van der Waals surface area contributed by atoms with Gasteiger partial charge in [-0.2, -0.15) is 0 Å². The third-order valence-electron chi connectivity index (χ3n) is 4.65. The van der Waals surface area contributed by atoms with E-state index in [4.69, 9.17) is 10.5 Å². The van der Waals surface area contributed by atoms with E-state index in [1.54, 1.807) is 13.2 Å². The molecule has 2 unspecified atom stereocenters. The molecule has 1 heterocycles. The van der Waals surface area contributed by atoms with E-state index >= 15 is 0 Å². The van der Waals surface area contributed by atoms with Crippen LogP contribution < -0.4 is 5.73 Å². The summed E-state index contributed by atoms with van der Waals surface area (Å²) in [6.07, 6.45) is 3.00. The third-order valence-corrected chi connectivity index (χ3v) is 4.65. The Morgan fingerprint density at radius 1 is 1.43 bits per heavy atom. The van der Waals surface area contributed by atoms with Crippen molar-refractivity contribution < 1.29 is 9.13 Å². The lowest BCUT2D eigenvalue weighted by atomic mass is 9.86. The standard InChI is InChI=1S/C17H27FN2O/c1-17(13-19,10-15-7-3-4-8-16(15)18)20-9-5-6-14(11-20)12-21-2/h3-4,7-8,14H,5-6,9-13,19H2,1-2H3. The second kappa shape index (κ2) is 7.34. The molecule has 1 aliphatic heterocycles. The summed E-state index contributed by atoms with van der Waals surface area (Å²) in [5.41, 5.74) is 6.61. The molecule has 2 rings (SSSR count). The predicted octanol–water partition coefficient (Wildman–Crippen LogP) is 2.44. The molecule has 1 saturated heterocycles. The largest absolute Gasteiger partial charge is 0.384 e. The number of nitrogens with zero attached hydrogens (tertiary/aromatic N) is 1. The first kappa shape index (κ1) is 16.4. The van der Waals surface area contributed by atoms with Crippen molar-refractivity contribution in [1.29, 1.82) is 0 Å². The Bertz CT molecular complexity index is 452. The fraction of sp³-hybridized carbons (Fsp3) is 0.647. The van der Waals surface area contributed by atoms with Crippen LogP contribution in [0.15, 0.2) is 24.3 Å². The van der Waals surface area contributed by atoms with Gasteiger partial charge in [0.25, 0.3) is 0 Å². The SMILES string of the molecule is COCC1CCCN(C(C)(CN)Cc2ccccc2F)C1. The highest BCUT2D eigenvalue weighted by molar-refractivity contribution is 5.20. The van der Waals surface area contributed by atoms with E-state index in [-0.39, 0.29) is 11.4 Å². The maximum absolute atomic E-state index is 13.9. The van der Waals surface area contributed by atoms with Crippen LogP contribution in [0.5, 0.6) is 0 Å². The van der Waals surface area contributed by atoms with Crippen LogP contribution in [0.4, 0.5) is 4.39 Å². The van der Waals surface area contributed by atoms with Crippen molar-refractivity contribution in [2.45, 2.75) is 31.7 Å². The molecule has 1 fully saturated rings. The quantitative estimate of drug-likeness (QED) is 0.876. The number of piperidine rings is 1. The van der Waals surface area contributed by atoms with Crippen molar-refractivity contribution >= 4 is 0 Å². The minimum Gasteiger partial charge on any atom is -0.384 e. The number of ether oxygens (including phenoxy) is 1. The second-order valence-corrected chi connectivity index (χ2v) is 6.38. The van der Waals surface area contributed by atoms with E-state index < -0.39 is 0 Å². The normalized spacial score (nSPS) is 23.0. The first-order valence-electron chi connectivity index (χ1n) is 7.76. The molecule has 0 bridgehead atoms. The van der Waals surface area contributed by atoms with E-state index in [9.17, 15) is 4.39 Å². The zero-order chi connectivity index (χ0) is 15.3. The van der Waals surface area contributed by atoms with E-state index in [1.807, 2.05) is 12.1 Å². The van der Waals surface area contributed by atoms with Crippen molar-refractivity contribution in [2.75, 3.05) is 33.4 Å². The van der Waals surface area contributed by atoms with E-state index in [2.05, 4.69) is 11.8 Å². The Kier molecular flexibility index (Phi) is 5.73. The molecule has 1 aromatic carbocycles. The number of halogens is 1. The molecular formula is C17H27FN2O. The minimum atomic E-state index is -0.200. The average Bonchev–Trinajstić information content (AvgIpc) is 2.50. The fourth-order valence-corrected chi connectivity index (χ4v) is 3.29. The average molecular weight is 294 g/mol. The van der Waals surface area contributed by atoms with Crippen molar-refractivity contribution in [3.05, 3.63) is 35.6 Å². The molecule has 0 spiro atoms. The van der Waals surface area contributed by atoms with Crippen LogP contribution in [0.1, 0.15) is 25.3 Å². The van der Waals surface area contributed by atoms with Crippen LogP contribution in [-0.4, -0.2) is 43.8 Å². The van der Waals surface area contributed by atoms with E-state index in [0.29, 0.717) is 18.9 Å². The lowest BCUT2D eigenvalue weighted by Crippen LogP contribution is -2.56. The van der Waals surface area contributed by atoms with Crippen LogP contribution in [0.2, 0.25) is 0 Å². The Hall–Kier alpha value is -0.970. The summed E-state index contributed by atoms with van der Waals surface area (Å²) in [6.45, 7) is 5.48. The summed E-state index contributed by atoms with van der Waals surface area (Å²) >= 11 is 0. The molecule has 0 aliphatic carbocycles. The summed E-state index contributed by atoms with van der Waals surface area (Å²) in [7, 11) is 1.75. The van der Waals surface area contributed by atoms with Gasteiger partial charge in [0.15, 0.2) is 0 Å². The number of hydrogen-bond acceptors (Lipinski definition) is 3. The summed E-state index contributed by atoms with van der Waals surface area (Å²) in [5, 5.41) is 0. The lowest BCUT2D eigenvalue weighted by Gasteiger charge is -2.45. The van der Waals surface area contributed by atoms with Gasteiger partial charge in [-0.05, 0) is 50.3 Å². The predicted molar refractivity (Wildman–Crippen MR) is 83.7 cm³/mol. The maximum Gasteiger partial charge on any atom is 0.126 e. The van der Waals surface area contributed by atoms with Gasteiger partial charge >= 0.3 is 0 Å². The van der Waals surface area contributed by atoms with Crippen molar-refractivity contribution in [3.8, 4) is 0 Å². The van der Waals surface area contributed by atoms with Gasteiger partial charge in [0, 0.05) is 25.7 Å². The molecule has 0 aromatic heterocycles. The molecular weight excluding hydrogens is 267 g/mol. The van der Waals surface area contributed by atoms with Crippen LogP contribution in [0, 0.1) is 11.7 Å². The summed E-state index contributed by atoms with van der Waals surface area (Å²) in [6, 6.07) is 7.00. The lowest BCUT2D eigenvalue weighted by molar-refractivity contribution is 0.0304. The fourth-order valence-electron chi connectivity index (χ4n) is 3.29. The summed E-state index contributed by atoms with van der Waals surface area (Å²) < 4.78 is 19.2. The minimum absolute atomic E-state index is 0.136. The highest BCUT2D eigenvalue weighted by Crippen LogP contribution is 2.27. The van der Waals surface area contributed by atoms with Gasteiger partial charge in [-0.3, -0.25) is 4.90 Å². The molecule has 2 atom stereocenters. The molecule has 2 N–H and O–H groups in total. The Morgan fingerprint density at radius 3 is 2.86 bits per heavy atom. The van der Waals surface area contributed by atoms with Gasteiger partial charge < -0.3 is 10.5 Å². The van der Waals surface area contributed by atoms with Crippen LogP contribution in [0.25, 0.3) is 0 Å². The summed E-state index contributed by atoms with van der Waals surface area (Å²) in [4.78, 5) is 2.42. The maximum atomic E-state index is 13.9. The molecule has 118 valence electrons. The van der Waals surface area contributed by atoms with E-state index in [1.165, 1.54) is 12.5 Å². The van der Waals surface area contributed by atoms with Crippen LogP contribution in [0.3, 0.4) is 0 Å². The third kappa shape index (κ3) is 4.02. The molecule has 1 aromatic rings. The van der Waals surface area contributed by atoms with E-state index in [0.717, 1.165) is 31.7 Å². The van der Waals surface area contributed by atoms with Gasteiger partial charge in [-0.1, -0.05) is 18.2 Å². The monoisotopic (exact) mass is 294 g/mol. The molecule has 4 heteroatoms. The van der Waals surface area contributed by atoms with Crippen molar-refractivity contribution in [2.24, 2.45) is 11.7 Å². The van der Waals surface area contributed by atoms with Gasteiger partial charge in [0.05, 0.1) is 6.61 Å². The van der Waals surface area contributed by atoms with Gasteiger partial charge in [-0.15, -0.1) is 0 Å². The van der Waals surface area contributed by atoms with Gasteiger partial charge in [0.1, 0.15) is 5.82 Å². The number of nitrogens with two attached hydrogens (primary N) is 1. The van der Waals surface area contributed by atoms with Crippen LogP contribution >= 0.6 is 0 Å². The summed E-state index contributed by atoms with van der Waals surface area (Å²) in [5.74, 6) is 0.415. The first-order chi connectivity index (χ1) is 10.1. The molecule has 21 heavy (non-hydrogen) atoms. The topological polar surface area (TPSA) is 38.5 Å². The first-order valence-corrected chi connectivity index (χ1v) is 7.76. The highest BCUT2D eigenvalue weighted by atomic mass is 19.1. The number of likely N-dealkylation sites (tertiary alicyclic amines) is 1. The van der Waals surface area contributed by atoms with Gasteiger partial charge in [0.2, 0.25) is 0 Å². The molecule has 1 aliphatic rings. The zero-order valence-electron chi connectivity index (χ0n) is 13.1. The highest BCUT2D eigenvalue weighted by Gasteiger charge is 2.34. The molecule has 0 saturated carbocycles. The van der Waals surface area contributed by atoms with Gasteiger partial charge in [-0.25, -0.2) is 4.39 Å². The Morgan fingerprint density at radius 2 is 2.19 bits per heavy atom. The zero-order valence-corrected chi connectivity index (χ0v) is 13.1. The molecule has 3 nitrogen and oxygen atoms in total. The number of methoxy groups -OCH3 is 1. The number of hydrogen-bond donors (Lipinski definition) is 1. The van der Waals surface area contributed by atoms with Crippen molar-refractivity contribution in [3.63, 3.8) is 0 Å². The number of rotatable bonds is 6.